The van der Waals surface area contributed by atoms with E-state index in [-0.39, 0.29) is 0 Å². The number of hydrogen-bond acceptors (Lipinski definition) is 7. The van der Waals surface area contributed by atoms with E-state index in [0.717, 1.165) is 66.0 Å². The Morgan fingerprint density at radius 2 is 0.979 bits per heavy atom. The SMILES string of the molecule is CC1(C)OB(c2ccc3oc4cc(-c5nc(-c6ccccc6)nc(-c6ccc7oc8ccccc8c7c6)n5)ccc4c3c2)OC1(C)C. The number of nitrogens with zero attached hydrogens (tertiary/aromatic N) is 3. The monoisotopic (exact) mass is 615 g/mol. The Bertz CT molecular complexity index is 2480. The summed E-state index contributed by atoms with van der Waals surface area (Å²) in [5.74, 6) is 1.74. The third-order valence-corrected chi connectivity index (χ3v) is 9.58. The molecular weight excluding hydrogens is 585 g/mol. The summed E-state index contributed by atoms with van der Waals surface area (Å²) in [7, 11) is -0.451. The summed E-state index contributed by atoms with van der Waals surface area (Å²) in [5, 5.41) is 4.07. The Morgan fingerprint density at radius 3 is 1.72 bits per heavy atom. The molecular formula is C39H30BN3O4. The largest absolute Gasteiger partial charge is 0.494 e. The van der Waals surface area contributed by atoms with E-state index in [1.54, 1.807) is 0 Å². The second-order valence-corrected chi connectivity index (χ2v) is 13.1. The number of aromatic nitrogens is 3. The van der Waals surface area contributed by atoms with Crippen LogP contribution in [0.15, 0.2) is 118 Å². The minimum absolute atomic E-state index is 0.417. The number of rotatable bonds is 4. The maximum Gasteiger partial charge on any atom is 0.494 e. The minimum atomic E-state index is -0.451. The first kappa shape index (κ1) is 28.0. The van der Waals surface area contributed by atoms with E-state index in [9.17, 15) is 0 Å². The third kappa shape index (κ3) is 4.55. The van der Waals surface area contributed by atoms with Gasteiger partial charge in [0.05, 0.1) is 11.2 Å². The highest BCUT2D eigenvalue weighted by molar-refractivity contribution is 6.62. The van der Waals surface area contributed by atoms with Gasteiger partial charge in [-0.3, -0.25) is 0 Å². The minimum Gasteiger partial charge on any atom is -0.456 e. The molecule has 4 heterocycles. The zero-order valence-corrected chi connectivity index (χ0v) is 26.4. The molecule has 0 spiro atoms. The van der Waals surface area contributed by atoms with Crippen LogP contribution < -0.4 is 5.46 Å². The fourth-order valence-electron chi connectivity index (χ4n) is 6.28. The highest BCUT2D eigenvalue weighted by Crippen LogP contribution is 2.38. The van der Waals surface area contributed by atoms with E-state index < -0.39 is 18.3 Å². The first-order valence-electron chi connectivity index (χ1n) is 15.8. The topological polar surface area (TPSA) is 83.4 Å². The van der Waals surface area contributed by atoms with Crippen molar-refractivity contribution in [2.24, 2.45) is 0 Å². The normalized spacial score (nSPS) is 15.8. The van der Waals surface area contributed by atoms with Crippen LogP contribution in [0.1, 0.15) is 27.7 Å². The molecule has 9 rings (SSSR count). The molecule has 1 saturated heterocycles. The zero-order chi connectivity index (χ0) is 31.9. The van der Waals surface area contributed by atoms with Gasteiger partial charge in [0, 0.05) is 38.2 Å². The summed E-state index contributed by atoms with van der Waals surface area (Å²) in [6.07, 6.45) is 0. The van der Waals surface area contributed by atoms with Gasteiger partial charge in [0.25, 0.3) is 0 Å². The predicted octanol–water partition coefficient (Wildman–Crippen LogP) is 8.97. The van der Waals surface area contributed by atoms with E-state index >= 15 is 0 Å². The molecule has 228 valence electrons. The molecule has 0 unspecified atom stereocenters. The van der Waals surface area contributed by atoms with Crippen molar-refractivity contribution in [3.05, 3.63) is 109 Å². The highest BCUT2D eigenvalue weighted by atomic mass is 16.7. The van der Waals surface area contributed by atoms with Gasteiger partial charge in [-0.2, -0.15) is 0 Å². The number of para-hydroxylation sites is 1. The molecule has 5 aromatic carbocycles. The quantitative estimate of drug-likeness (QED) is 0.183. The molecule has 0 aliphatic carbocycles. The lowest BCUT2D eigenvalue weighted by Crippen LogP contribution is -2.41. The van der Waals surface area contributed by atoms with Crippen molar-refractivity contribution in [2.45, 2.75) is 38.9 Å². The molecule has 0 bridgehead atoms. The van der Waals surface area contributed by atoms with Gasteiger partial charge >= 0.3 is 7.12 Å². The van der Waals surface area contributed by atoms with E-state index in [2.05, 4.69) is 52.0 Å². The summed E-state index contributed by atoms with van der Waals surface area (Å²) in [5.41, 5.74) is 5.96. The lowest BCUT2D eigenvalue weighted by Gasteiger charge is -2.32. The maximum absolute atomic E-state index is 6.36. The number of fused-ring (bicyclic) bond motifs is 6. The van der Waals surface area contributed by atoms with Crippen LogP contribution in [0.2, 0.25) is 0 Å². The Morgan fingerprint density at radius 1 is 0.447 bits per heavy atom. The third-order valence-electron chi connectivity index (χ3n) is 9.58. The molecule has 7 nitrogen and oxygen atoms in total. The molecule has 1 aliphatic heterocycles. The highest BCUT2D eigenvalue weighted by Gasteiger charge is 2.51. The van der Waals surface area contributed by atoms with Gasteiger partial charge in [0.15, 0.2) is 17.5 Å². The summed E-state index contributed by atoms with van der Waals surface area (Å²) in [4.78, 5) is 14.9. The van der Waals surface area contributed by atoms with Crippen molar-refractivity contribution >= 4 is 56.5 Å². The Kier molecular flexibility index (Phi) is 6.01. The number of furan rings is 2. The zero-order valence-electron chi connectivity index (χ0n) is 26.4. The summed E-state index contributed by atoms with van der Waals surface area (Å²) in [6, 6.07) is 36.3. The second-order valence-electron chi connectivity index (χ2n) is 13.1. The molecule has 0 atom stereocenters. The van der Waals surface area contributed by atoms with Gasteiger partial charge < -0.3 is 18.1 Å². The fraction of sp³-hybridized carbons (Fsp3) is 0.154. The van der Waals surface area contributed by atoms with Crippen molar-refractivity contribution in [3.8, 4) is 34.2 Å². The predicted molar refractivity (Wildman–Crippen MR) is 186 cm³/mol. The van der Waals surface area contributed by atoms with Crippen molar-refractivity contribution in [1.82, 2.24) is 15.0 Å². The van der Waals surface area contributed by atoms with E-state index in [0.29, 0.717) is 17.5 Å². The van der Waals surface area contributed by atoms with Crippen molar-refractivity contribution in [3.63, 3.8) is 0 Å². The van der Waals surface area contributed by atoms with Crippen LogP contribution in [-0.4, -0.2) is 33.3 Å². The van der Waals surface area contributed by atoms with Crippen LogP contribution in [0.4, 0.5) is 0 Å². The molecule has 0 amide bonds. The lowest BCUT2D eigenvalue weighted by atomic mass is 9.78. The summed E-state index contributed by atoms with van der Waals surface area (Å²) < 4.78 is 25.1. The van der Waals surface area contributed by atoms with Crippen LogP contribution in [0, 0.1) is 0 Å². The Balaban J connectivity index is 1.15. The molecule has 0 saturated carbocycles. The van der Waals surface area contributed by atoms with Gasteiger partial charge in [-0.05, 0) is 75.6 Å². The van der Waals surface area contributed by atoms with E-state index in [1.165, 1.54) is 0 Å². The molecule has 8 aromatic rings. The van der Waals surface area contributed by atoms with Crippen molar-refractivity contribution < 1.29 is 18.1 Å². The molecule has 1 aliphatic rings. The average Bonchev–Trinajstić information content (AvgIpc) is 3.71. The molecule has 47 heavy (non-hydrogen) atoms. The lowest BCUT2D eigenvalue weighted by molar-refractivity contribution is 0.00578. The van der Waals surface area contributed by atoms with Crippen LogP contribution in [0.25, 0.3) is 78.0 Å². The van der Waals surface area contributed by atoms with Crippen molar-refractivity contribution in [1.29, 1.82) is 0 Å². The molecule has 8 heteroatoms. The summed E-state index contributed by atoms with van der Waals surface area (Å²) >= 11 is 0. The van der Waals surface area contributed by atoms with E-state index in [4.69, 9.17) is 33.1 Å². The standard InChI is InChI=1S/C39H30BN3O4/c1-38(2)39(3,4)47-40(46-38)26-16-19-33-30(22-26)28-17-14-25(21-34(28)45-33)37-42-35(23-10-6-5-7-11-23)41-36(43-37)24-15-18-32-29(20-24)27-12-8-9-13-31(27)44-32/h5-22H,1-4H3. The molecule has 0 N–H and O–H groups in total. The second kappa shape index (κ2) is 10.1. The Labute approximate surface area is 271 Å². The molecule has 3 aromatic heterocycles. The number of hydrogen-bond donors (Lipinski definition) is 0. The average molecular weight is 615 g/mol. The first-order chi connectivity index (χ1) is 22.7. The van der Waals surface area contributed by atoms with Gasteiger partial charge in [-0.1, -0.05) is 66.7 Å². The van der Waals surface area contributed by atoms with Crippen LogP contribution in [0.3, 0.4) is 0 Å². The smallest absolute Gasteiger partial charge is 0.456 e. The molecule has 0 radical (unpaired) electrons. The van der Waals surface area contributed by atoms with Crippen molar-refractivity contribution in [2.75, 3.05) is 0 Å². The van der Waals surface area contributed by atoms with Gasteiger partial charge in [-0.15, -0.1) is 0 Å². The number of benzene rings is 5. The van der Waals surface area contributed by atoms with Gasteiger partial charge in [0.2, 0.25) is 0 Å². The van der Waals surface area contributed by atoms with Gasteiger partial charge in [-0.25, -0.2) is 15.0 Å². The van der Waals surface area contributed by atoms with Crippen LogP contribution >= 0.6 is 0 Å². The fourth-order valence-corrected chi connectivity index (χ4v) is 6.28. The van der Waals surface area contributed by atoms with Crippen LogP contribution in [-0.2, 0) is 9.31 Å². The Hall–Kier alpha value is -5.31. The van der Waals surface area contributed by atoms with Gasteiger partial charge in [0.1, 0.15) is 22.3 Å². The molecule has 1 fully saturated rings. The van der Waals surface area contributed by atoms with E-state index in [1.807, 2.05) is 84.9 Å². The first-order valence-corrected chi connectivity index (χ1v) is 15.8. The summed E-state index contributed by atoms with van der Waals surface area (Å²) in [6.45, 7) is 8.25. The maximum atomic E-state index is 6.36. The van der Waals surface area contributed by atoms with Crippen LogP contribution in [0.5, 0.6) is 0 Å².